The van der Waals surface area contributed by atoms with E-state index in [0.29, 0.717) is 32.3 Å². The molecule has 0 bridgehead atoms. The minimum atomic E-state index is -0.124. The number of amides is 1. The van der Waals surface area contributed by atoms with Gasteiger partial charge in [0.15, 0.2) is 5.96 Å². The van der Waals surface area contributed by atoms with Crippen LogP contribution in [0.4, 0.5) is 5.69 Å². The van der Waals surface area contributed by atoms with Crippen molar-refractivity contribution >= 4 is 41.5 Å². The van der Waals surface area contributed by atoms with E-state index in [2.05, 4.69) is 20.9 Å². The van der Waals surface area contributed by atoms with E-state index in [4.69, 9.17) is 13.9 Å². The highest BCUT2D eigenvalue weighted by Gasteiger charge is 2.04. The molecule has 0 spiro atoms. The van der Waals surface area contributed by atoms with Gasteiger partial charge >= 0.3 is 0 Å². The van der Waals surface area contributed by atoms with Crippen LogP contribution in [0.15, 0.2) is 52.1 Å². The van der Waals surface area contributed by atoms with Gasteiger partial charge in [0.05, 0.1) is 12.4 Å². The SMILES string of the molecule is CCNC(=O)CN=C(NCCCOCc1ccco1)Nc1ccc(OC(C)C)cc1.I. The lowest BCUT2D eigenvalue weighted by Gasteiger charge is -2.14. The summed E-state index contributed by atoms with van der Waals surface area (Å²) in [4.78, 5) is 16.1. The highest BCUT2D eigenvalue weighted by Crippen LogP contribution is 2.16. The third kappa shape index (κ3) is 11.6. The molecule has 0 aliphatic carbocycles. The molecule has 31 heavy (non-hydrogen) atoms. The molecule has 0 fully saturated rings. The second-order valence-electron chi connectivity index (χ2n) is 6.85. The van der Waals surface area contributed by atoms with Gasteiger partial charge in [0, 0.05) is 25.4 Å². The molecule has 3 N–H and O–H groups in total. The number of carbonyl (C=O) groups excluding carboxylic acids is 1. The summed E-state index contributed by atoms with van der Waals surface area (Å²) >= 11 is 0. The van der Waals surface area contributed by atoms with Gasteiger partial charge in [-0.1, -0.05) is 0 Å². The number of furan rings is 1. The number of anilines is 1. The molecule has 1 heterocycles. The van der Waals surface area contributed by atoms with Gasteiger partial charge < -0.3 is 29.8 Å². The van der Waals surface area contributed by atoms with E-state index in [-0.39, 0.29) is 42.5 Å². The molecule has 2 rings (SSSR count). The Labute approximate surface area is 201 Å². The van der Waals surface area contributed by atoms with Gasteiger partial charge in [0.25, 0.3) is 0 Å². The van der Waals surface area contributed by atoms with E-state index < -0.39 is 0 Å². The number of aliphatic imine (C=N–C) groups is 1. The second kappa shape index (κ2) is 15.5. The predicted molar refractivity (Wildman–Crippen MR) is 133 cm³/mol. The molecule has 0 aliphatic rings. The molecule has 1 amide bonds. The fourth-order valence-electron chi connectivity index (χ4n) is 2.52. The predicted octanol–water partition coefficient (Wildman–Crippen LogP) is 3.79. The number of hydrogen-bond donors (Lipinski definition) is 3. The fourth-order valence-corrected chi connectivity index (χ4v) is 2.52. The lowest BCUT2D eigenvalue weighted by Crippen LogP contribution is -2.34. The molecule has 0 atom stereocenters. The zero-order chi connectivity index (χ0) is 21.6. The maximum absolute atomic E-state index is 11.8. The van der Waals surface area contributed by atoms with Crippen molar-refractivity contribution in [3.8, 4) is 5.75 Å². The zero-order valence-electron chi connectivity index (χ0n) is 18.3. The topological polar surface area (TPSA) is 97.1 Å². The summed E-state index contributed by atoms with van der Waals surface area (Å²) in [5.41, 5.74) is 0.849. The monoisotopic (exact) mass is 544 g/mol. The van der Waals surface area contributed by atoms with Crippen LogP contribution in [0, 0.1) is 0 Å². The van der Waals surface area contributed by atoms with E-state index >= 15 is 0 Å². The Morgan fingerprint density at radius 1 is 1.16 bits per heavy atom. The van der Waals surface area contributed by atoms with E-state index in [1.807, 2.05) is 57.2 Å². The Morgan fingerprint density at radius 3 is 2.58 bits per heavy atom. The molecule has 0 unspecified atom stereocenters. The summed E-state index contributed by atoms with van der Waals surface area (Å²) in [5.74, 6) is 2.02. The number of halogens is 1. The third-order valence-electron chi connectivity index (χ3n) is 3.83. The van der Waals surface area contributed by atoms with E-state index in [1.165, 1.54) is 0 Å². The van der Waals surface area contributed by atoms with Crippen molar-refractivity contribution in [1.82, 2.24) is 10.6 Å². The van der Waals surface area contributed by atoms with Gasteiger partial charge in [-0.25, -0.2) is 4.99 Å². The number of rotatable bonds is 12. The van der Waals surface area contributed by atoms with E-state index in [9.17, 15) is 4.79 Å². The van der Waals surface area contributed by atoms with Crippen LogP contribution in [0.1, 0.15) is 33.0 Å². The van der Waals surface area contributed by atoms with E-state index in [0.717, 1.165) is 23.6 Å². The van der Waals surface area contributed by atoms with Crippen molar-refractivity contribution in [2.45, 2.75) is 39.9 Å². The second-order valence-corrected chi connectivity index (χ2v) is 6.85. The summed E-state index contributed by atoms with van der Waals surface area (Å²) in [5, 5.41) is 9.19. The number of carbonyl (C=O) groups is 1. The van der Waals surface area contributed by atoms with Gasteiger partial charge in [0.2, 0.25) is 5.91 Å². The van der Waals surface area contributed by atoms with Crippen LogP contribution in [0.25, 0.3) is 0 Å². The standard InChI is InChI=1S/C22H32N4O4.HI/c1-4-23-21(27)15-25-22(24-12-6-13-28-16-20-7-5-14-29-20)26-18-8-10-19(11-9-18)30-17(2)3;/h5,7-11,14,17H,4,6,12-13,15-16H2,1-3H3,(H,23,27)(H2,24,25,26);1H. The van der Waals surface area contributed by atoms with Crippen molar-refractivity contribution in [3.05, 3.63) is 48.4 Å². The molecular weight excluding hydrogens is 511 g/mol. The van der Waals surface area contributed by atoms with Crippen LogP contribution >= 0.6 is 24.0 Å². The molecule has 0 radical (unpaired) electrons. The molecule has 172 valence electrons. The molecule has 9 heteroatoms. The molecular formula is C22H33IN4O4. The third-order valence-corrected chi connectivity index (χ3v) is 3.83. The van der Waals surface area contributed by atoms with Crippen molar-refractivity contribution in [2.75, 3.05) is 31.6 Å². The minimum Gasteiger partial charge on any atom is -0.491 e. The van der Waals surface area contributed by atoms with Gasteiger partial charge in [0.1, 0.15) is 24.7 Å². The van der Waals surface area contributed by atoms with Crippen molar-refractivity contribution < 1.29 is 18.7 Å². The first-order chi connectivity index (χ1) is 14.6. The van der Waals surface area contributed by atoms with Gasteiger partial charge in [-0.2, -0.15) is 0 Å². The number of hydrogen-bond acceptors (Lipinski definition) is 5. The zero-order valence-corrected chi connectivity index (χ0v) is 20.7. The van der Waals surface area contributed by atoms with Crippen LogP contribution < -0.4 is 20.7 Å². The van der Waals surface area contributed by atoms with Crippen LogP contribution in [-0.2, 0) is 16.1 Å². The summed E-state index contributed by atoms with van der Waals surface area (Å²) in [6.45, 7) is 8.16. The van der Waals surface area contributed by atoms with Gasteiger partial charge in [-0.3, -0.25) is 4.79 Å². The number of nitrogens with zero attached hydrogens (tertiary/aromatic N) is 1. The van der Waals surface area contributed by atoms with Crippen LogP contribution in [0.5, 0.6) is 5.75 Å². The van der Waals surface area contributed by atoms with Crippen LogP contribution in [0.3, 0.4) is 0 Å². The molecule has 0 saturated heterocycles. The van der Waals surface area contributed by atoms with Crippen LogP contribution in [-0.4, -0.2) is 44.2 Å². The van der Waals surface area contributed by atoms with Crippen LogP contribution in [0.2, 0.25) is 0 Å². The molecule has 0 saturated carbocycles. The number of nitrogens with one attached hydrogen (secondary N) is 3. The van der Waals surface area contributed by atoms with Gasteiger partial charge in [-0.05, 0) is 63.6 Å². The average molecular weight is 544 g/mol. The molecule has 2 aromatic rings. The first-order valence-corrected chi connectivity index (χ1v) is 10.3. The summed E-state index contributed by atoms with van der Waals surface area (Å²) in [7, 11) is 0. The smallest absolute Gasteiger partial charge is 0.241 e. The van der Waals surface area contributed by atoms with Gasteiger partial charge in [-0.15, -0.1) is 24.0 Å². The Balaban J connectivity index is 0.00000480. The Hall–Kier alpha value is -2.27. The van der Waals surface area contributed by atoms with Crippen molar-refractivity contribution in [3.63, 3.8) is 0 Å². The minimum absolute atomic E-state index is 0. The summed E-state index contributed by atoms with van der Waals surface area (Å²) in [6.07, 6.45) is 2.53. The first-order valence-electron chi connectivity index (χ1n) is 10.3. The molecule has 8 nitrogen and oxygen atoms in total. The molecule has 1 aromatic carbocycles. The number of ether oxygens (including phenoxy) is 2. The lowest BCUT2D eigenvalue weighted by molar-refractivity contribution is -0.119. The average Bonchev–Trinajstić information content (AvgIpc) is 3.23. The quantitative estimate of drug-likeness (QED) is 0.163. The number of likely N-dealkylation sites (N-methyl/N-ethyl adjacent to an activating group) is 1. The normalized spacial score (nSPS) is 11.0. The first kappa shape index (κ1) is 26.8. The van der Waals surface area contributed by atoms with Crippen molar-refractivity contribution in [2.24, 2.45) is 4.99 Å². The highest BCUT2D eigenvalue weighted by atomic mass is 127. The number of guanidine groups is 1. The largest absolute Gasteiger partial charge is 0.491 e. The molecule has 0 aliphatic heterocycles. The highest BCUT2D eigenvalue weighted by molar-refractivity contribution is 14.0. The summed E-state index contributed by atoms with van der Waals surface area (Å²) < 4.78 is 16.5. The maximum Gasteiger partial charge on any atom is 0.241 e. The Morgan fingerprint density at radius 2 is 1.94 bits per heavy atom. The number of benzene rings is 1. The van der Waals surface area contributed by atoms with E-state index in [1.54, 1.807) is 6.26 Å². The molecule has 1 aromatic heterocycles. The van der Waals surface area contributed by atoms with Crippen molar-refractivity contribution in [1.29, 1.82) is 0 Å². The maximum atomic E-state index is 11.8. The summed E-state index contributed by atoms with van der Waals surface area (Å²) in [6, 6.07) is 11.3. The Bertz CT molecular complexity index is 764. The Kier molecular flexibility index (Phi) is 13.4. The fraction of sp³-hybridized carbons (Fsp3) is 0.455. The lowest BCUT2D eigenvalue weighted by atomic mass is 10.3.